The van der Waals surface area contributed by atoms with E-state index < -0.39 is 0 Å². The highest BCUT2D eigenvalue weighted by Crippen LogP contribution is 2.32. The van der Waals surface area contributed by atoms with Crippen LogP contribution in [0.15, 0.2) is 41.8 Å². The average molecular weight is 446 g/mol. The Labute approximate surface area is 188 Å². The van der Waals surface area contributed by atoms with Crippen LogP contribution in [0.25, 0.3) is 22.2 Å². The minimum atomic E-state index is 0. The number of fused-ring (bicyclic) bond motifs is 1. The Bertz CT molecular complexity index is 983. The van der Waals surface area contributed by atoms with Crippen molar-refractivity contribution >= 4 is 51.8 Å². The molecular weight excluding hydrogens is 418 g/mol. The summed E-state index contributed by atoms with van der Waals surface area (Å²) in [6.07, 6.45) is 4.12. The third-order valence-corrected chi connectivity index (χ3v) is 6.15. The second kappa shape index (κ2) is 10.8. The molecule has 0 unspecified atom stereocenters. The number of nitrogens with zero attached hydrogens (tertiary/aromatic N) is 3. The third kappa shape index (κ3) is 5.32. The summed E-state index contributed by atoms with van der Waals surface area (Å²) >= 11 is 1.77. The summed E-state index contributed by atoms with van der Waals surface area (Å²) in [5, 5.41) is 12.3. The van der Waals surface area contributed by atoms with E-state index >= 15 is 0 Å². The van der Waals surface area contributed by atoms with E-state index in [0.717, 1.165) is 55.5 Å². The number of anilines is 1. The van der Waals surface area contributed by atoms with Crippen LogP contribution in [0.1, 0.15) is 18.2 Å². The zero-order valence-corrected chi connectivity index (χ0v) is 18.8. The second-order valence-electron chi connectivity index (χ2n) is 7.11. The van der Waals surface area contributed by atoms with Gasteiger partial charge in [-0.2, -0.15) is 0 Å². The van der Waals surface area contributed by atoms with Gasteiger partial charge in [0.1, 0.15) is 18.2 Å². The van der Waals surface area contributed by atoms with Crippen LogP contribution in [0.3, 0.4) is 0 Å². The number of pyridine rings is 1. The minimum absolute atomic E-state index is 0. The van der Waals surface area contributed by atoms with E-state index in [1.807, 2.05) is 24.3 Å². The molecule has 0 saturated carbocycles. The van der Waals surface area contributed by atoms with E-state index in [1.54, 1.807) is 11.3 Å². The van der Waals surface area contributed by atoms with Crippen LogP contribution in [-0.4, -0.2) is 60.9 Å². The molecule has 160 valence electrons. The van der Waals surface area contributed by atoms with Crippen LogP contribution in [0.5, 0.6) is 5.75 Å². The topological polar surface area (TPSA) is 48.8 Å². The zero-order chi connectivity index (χ0) is 20.1. The van der Waals surface area contributed by atoms with E-state index in [-0.39, 0.29) is 19.0 Å². The number of benzene rings is 1. The predicted octanol–water partition coefficient (Wildman–Crippen LogP) is 4.40. The lowest BCUT2D eigenvalue weighted by Crippen LogP contribution is -2.46. The molecule has 2 aromatic heterocycles. The molecule has 1 N–H and O–H groups in total. The molecule has 1 aliphatic rings. The second-order valence-corrected chi connectivity index (χ2v) is 8.02. The molecular formula is C23H28ClN3O2S. The summed E-state index contributed by atoms with van der Waals surface area (Å²) in [6, 6.07) is 12.2. The first-order chi connectivity index (χ1) is 14.3. The van der Waals surface area contributed by atoms with Crippen LogP contribution in [0.2, 0.25) is 0 Å². The molecule has 0 radical (unpaired) electrons. The molecule has 30 heavy (non-hydrogen) atoms. The van der Waals surface area contributed by atoms with Crippen molar-refractivity contribution in [3.8, 4) is 5.75 Å². The van der Waals surface area contributed by atoms with Crippen molar-refractivity contribution in [2.45, 2.75) is 6.92 Å². The molecule has 1 aromatic carbocycles. The van der Waals surface area contributed by atoms with E-state index in [4.69, 9.17) is 14.8 Å². The van der Waals surface area contributed by atoms with Crippen LogP contribution in [-0.2, 0) is 0 Å². The Balaban J connectivity index is 0.00000256. The van der Waals surface area contributed by atoms with E-state index in [2.05, 4.69) is 46.4 Å². The lowest BCUT2D eigenvalue weighted by Gasteiger charge is -2.35. The Morgan fingerprint density at radius 1 is 1.13 bits per heavy atom. The number of rotatable bonds is 7. The number of hydrogen-bond acceptors (Lipinski definition) is 6. The maximum atomic E-state index is 8.93. The number of thiophene rings is 1. The van der Waals surface area contributed by atoms with Crippen molar-refractivity contribution in [3.05, 3.63) is 53.0 Å². The normalized spacial score (nSPS) is 14.9. The molecule has 0 spiro atoms. The van der Waals surface area contributed by atoms with Gasteiger partial charge in [-0.05, 0) is 53.2 Å². The van der Waals surface area contributed by atoms with Crippen molar-refractivity contribution in [1.82, 2.24) is 9.88 Å². The molecule has 1 saturated heterocycles. The van der Waals surface area contributed by atoms with Crippen molar-refractivity contribution < 1.29 is 9.84 Å². The molecule has 7 heteroatoms. The van der Waals surface area contributed by atoms with Crippen LogP contribution in [0.4, 0.5) is 5.82 Å². The summed E-state index contributed by atoms with van der Waals surface area (Å²) in [6.45, 7) is 7.87. The molecule has 3 aromatic rings. The first kappa shape index (κ1) is 22.6. The smallest absolute Gasteiger partial charge is 0.147 e. The Morgan fingerprint density at radius 2 is 1.97 bits per heavy atom. The number of aromatic nitrogens is 1. The summed E-state index contributed by atoms with van der Waals surface area (Å²) in [5.41, 5.74) is 2.01. The highest BCUT2D eigenvalue weighted by molar-refractivity contribution is 7.17. The summed E-state index contributed by atoms with van der Waals surface area (Å²) in [7, 11) is 0. The number of likely N-dealkylation sites (N-methyl/N-ethyl adjacent to an activating group) is 1. The van der Waals surface area contributed by atoms with Gasteiger partial charge in [0.25, 0.3) is 0 Å². The fourth-order valence-electron chi connectivity index (χ4n) is 3.61. The molecule has 1 aliphatic heterocycles. The van der Waals surface area contributed by atoms with Crippen LogP contribution in [0, 0.1) is 0 Å². The molecule has 5 nitrogen and oxygen atoms in total. The van der Waals surface area contributed by atoms with E-state index in [0.29, 0.717) is 6.61 Å². The van der Waals surface area contributed by atoms with Gasteiger partial charge in [0.15, 0.2) is 0 Å². The first-order valence-corrected chi connectivity index (χ1v) is 11.0. The molecule has 0 aliphatic carbocycles. The number of piperazine rings is 1. The maximum Gasteiger partial charge on any atom is 0.147 e. The fourth-order valence-corrected chi connectivity index (χ4v) is 4.50. The largest absolute Gasteiger partial charge is 0.491 e. The monoisotopic (exact) mass is 445 g/mol. The van der Waals surface area contributed by atoms with Crippen LogP contribution >= 0.6 is 23.7 Å². The lowest BCUT2D eigenvalue weighted by atomic mass is 10.1. The van der Waals surface area contributed by atoms with Gasteiger partial charge in [-0.3, -0.25) is 0 Å². The zero-order valence-electron chi connectivity index (χ0n) is 17.2. The molecule has 0 atom stereocenters. The molecule has 1 fully saturated rings. The summed E-state index contributed by atoms with van der Waals surface area (Å²) in [5.74, 6) is 1.87. The minimum Gasteiger partial charge on any atom is -0.491 e. The van der Waals surface area contributed by atoms with Gasteiger partial charge in [-0.1, -0.05) is 25.1 Å². The third-order valence-electron chi connectivity index (χ3n) is 5.22. The molecule has 3 heterocycles. The Hall–Kier alpha value is -2.12. The fraction of sp³-hybridized carbons (Fsp3) is 0.348. The van der Waals surface area contributed by atoms with Crippen LogP contribution < -0.4 is 9.64 Å². The van der Waals surface area contributed by atoms with Gasteiger partial charge in [0.05, 0.1) is 17.0 Å². The summed E-state index contributed by atoms with van der Waals surface area (Å²) < 4.78 is 6.77. The SMILES string of the molecule is CCN1CCN(c2nc(/C=C/c3cccc(OCCO)c3)cc3ccsc23)CC1.Cl. The van der Waals surface area contributed by atoms with E-state index in [1.165, 1.54) is 10.1 Å². The van der Waals surface area contributed by atoms with Crippen molar-refractivity contribution in [2.24, 2.45) is 0 Å². The van der Waals surface area contributed by atoms with Gasteiger partial charge in [-0.25, -0.2) is 4.98 Å². The van der Waals surface area contributed by atoms with Crippen molar-refractivity contribution in [1.29, 1.82) is 0 Å². The molecule has 0 amide bonds. The Morgan fingerprint density at radius 3 is 2.73 bits per heavy atom. The van der Waals surface area contributed by atoms with Crippen molar-refractivity contribution in [3.63, 3.8) is 0 Å². The summed E-state index contributed by atoms with van der Waals surface area (Å²) in [4.78, 5) is 9.91. The van der Waals surface area contributed by atoms with Gasteiger partial charge < -0.3 is 19.6 Å². The number of aliphatic hydroxyl groups excluding tert-OH is 1. The maximum absolute atomic E-state index is 8.93. The van der Waals surface area contributed by atoms with Gasteiger partial charge in [-0.15, -0.1) is 23.7 Å². The first-order valence-electron chi connectivity index (χ1n) is 10.1. The average Bonchev–Trinajstić information content (AvgIpc) is 3.25. The van der Waals surface area contributed by atoms with Gasteiger partial charge >= 0.3 is 0 Å². The molecule has 0 bridgehead atoms. The number of halogens is 1. The Kier molecular flexibility index (Phi) is 8.10. The van der Waals surface area contributed by atoms with Gasteiger partial charge in [0.2, 0.25) is 0 Å². The highest BCUT2D eigenvalue weighted by atomic mass is 35.5. The van der Waals surface area contributed by atoms with Crippen molar-refractivity contribution in [2.75, 3.05) is 50.8 Å². The predicted molar refractivity (Wildman–Crippen MR) is 129 cm³/mol. The number of hydrogen-bond donors (Lipinski definition) is 1. The quantitative estimate of drug-likeness (QED) is 0.584. The van der Waals surface area contributed by atoms with E-state index in [9.17, 15) is 0 Å². The number of ether oxygens (including phenoxy) is 1. The standard InChI is InChI=1S/C23H27N3O2S.ClH/c1-2-25-9-11-26(12-10-25)23-22-19(8-15-29-22)17-20(24-23)7-6-18-4-3-5-21(16-18)28-14-13-27;/h3-8,15-17,27H,2,9-14H2,1H3;1H/b7-6+;. The lowest BCUT2D eigenvalue weighted by molar-refractivity contribution is 0.201. The number of aliphatic hydroxyl groups is 1. The highest BCUT2D eigenvalue weighted by Gasteiger charge is 2.19. The van der Waals surface area contributed by atoms with Gasteiger partial charge in [0, 0.05) is 26.2 Å². The molecule has 4 rings (SSSR count).